The Morgan fingerprint density at radius 3 is 2.19 bits per heavy atom. The zero-order valence-electron chi connectivity index (χ0n) is 16.2. The molecule has 4 nitrogen and oxygen atoms in total. The molecule has 0 aromatic heterocycles. The Kier molecular flexibility index (Phi) is 8.11. The van der Waals surface area contributed by atoms with Gasteiger partial charge in [-0.25, -0.2) is 0 Å². The van der Waals surface area contributed by atoms with Gasteiger partial charge in [0.1, 0.15) is 0 Å². The van der Waals surface area contributed by atoms with Gasteiger partial charge in [0.25, 0.3) is 0 Å². The van der Waals surface area contributed by atoms with Crippen molar-refractivity contribution in [3.8, 4) is 0 Å². The highest BCUT2D eigenvalue weighted by atomic mass is 35.5. The van der Waals surface area contributed by atoms with Crippen LogP contribution in [0.3, 0.4) is 0 Å². The number of amides is 1. The van der Waals surface area contributed by atoms with Gasteiger partial charge < -0.3 is 10.2 Å². The number of piperidine rings is 2. The number of hydrogen-bond acceptors (Lipinski definition) is 3. The third kappa shape index (κ3) is 5.31. The van der Waals surface area contributed by atoms with Gasteiger partial charge in [-0.15, -0.1) is 0 Å². The Labute approximate surface area is 162 Å². The molecule has 0 saturated carbocycles. The molecular formula is C21H31ClN2O2. The van der Waals surface area contributed by atoms with Gasteiger partial charge in [-0.05, 0) is 69.5 Å². The van der Waals surface area contributed by atoms with Crippen molar-refractivity contribution in [1.29, 1.82) is 0 Å². The summed E-state index contributed by atoms with van der Waals surface area (Å²) in [6, 6.07) is 5.52. The molecule has 2 aliphatic rings. The van der Waals surface area contributed by atoms with Crippen LogP contribution in [0, 0.1) is 18.8 Å². The molecule has 5 heteroatoms. The zero-order chi connectivity index (χ0) is 19.1. The predicted octanol–water partition coefficient (Wildman–Crippen LogP) is 4.10. The molecule has 26 heavy (non-hydrogen) atoms. The molecule has 0 spiro atoms. The van der Waals surface area contributed by atoms with Crippen LogP contribution in [0.1, 0.15) is 55.5 Å². The average Bonchev–Trinajstić information content (AvgIpc) is 2.68. The van der Waals surface area contributed by atoms with Gasteiger partial charge in [0.15, 0.2) is 5.78 Å². The van der Waals surface area contributed by atoms with E-state index in [9.17, 15) is 9.59 Å². The fourth-order valence-electron chi connectivity index (χ4n) is 3.80. The van der Waals surface area contributed by atoms with Crippen LogP contribution in [0.25, 0.3) is 0 Å². The number of aryl methyl sites for hydroxylation is 1. The smallest absolute Gasteiger partial charge is 0.225 e. The van der Waals surface area contributed by atoms with Crippen molar-refractivity contribution in [2.45, 2.75) is 46.5 Å². The summed E-state index contributed by atoms with van der Waals surface area (Å²) < 4.78 is 0. The molecule has 2 fully saturated rings. The second-order valence-corrected chi connectivity index (χ2v) is 7.44. The highest BCUT2D eigenvalue weighted by Crippen LogP contribution is 2.26. The third-order valence-electron chi connectivity index (χ3n) is 5.19. The number of likely N-dealkylation sites (tertiary alicyclic amines) is 1. The molecule has 2 aliphatic heterocycles. The van der Waals surface area contributed by atoms with Gasteiger partial charge in [0.05, 0.1) is 0 Å². The van der Waals surface area contributed by atoms with Crippen molar-refractivity contribution in [3.05, 3.63) is 34.3 Å². The van der Waals surface area contributed by atoms with E-state index in [0.29, 0.717) is 23.7 Å². The van der Waals surface area contributed by atoms with E-state index in [2.05, 4.69) is 5.32 Å². The quantitative estimate of drug-likeness (QED) is 0.805. The summed E-state index contributed by atoms with van der Waals surface area (Å²) in [4.78, 5) is 27.3. The average molecular weight is 379 g/mol. The second-order valence-electron chi connectivity index (χ2n) is 7.01. The maximum absolute atomic E-state index is 12.7. The molecule has 1 aromatic carbocycles. The van der Waals surface area contributed by atoms with Gasteiger partial charge in [0, 0.05) is 35.5 Å². The Balaban J connectivity index is 0.00000117. The van der Waals surface area contributed by atoms with Crippen LogP contribution in [0.15, 0.2) is 18.2 Å². The number of carbonyl (C=O) groups excluding carboxylic acids is 2. The van der Waals surface area contributed by atoms with Gasteiger partial charge in [-0.1, -0.05) is 25.4 Å². The van der Waals surface area contributed by atoms with Gasteiger partial charge >= 0.3 is 0 Å². The number of hydrogen-bond donors (Lipinski definition) is 1. The number of benzene rings is 1. The maximum Gasteiger partial charge on any atom is 0.225 e. The van der Waals surface area contributed by atoms with E-state index in [1.165, 1.54) is 0 Å². The molecule has 0 radical (unpaired) electrons. The molecule has 0 unspecified atom stereocenters. The van der Waals surface area contributed by atoms with Crippen LogP contribution in [0.2, 0.25) is 5.02 Å². The minimum atomic E-state index is -0.0000563. The number of nitrogens with zero attached hydrogens (tertiary/aromatic N) is 1. The second kappa shape index (κ2) is 10.1. The van der Waals surface area contributed by atoms with E-state index in [4.69, 9.17) is 11.6 Å². The maximum atomic E-state index is 12.7. The lowest BCUT2D eigenvalue weighted by Gasteiger charge is -2.35. The molecule has 2 heterocycles. The van der Waals surface area contributed by atoms with E-state index in [0.717, 1.165) is 44.3 Å². The molecule has 144 valence electrons. The summed E-state index contributed by atoms with van der Waals surface area (Å²) in [5, 5.41) is 3.90. The zero-order valence-corrected chi connectivity index (χ0v) is 16.9. The van der Waals surface area contributed by atoms with E-state index in [-0.39, 0.29) is 23.5 Å². The van der Waals surface area contributed by atoms with Crippen LogP contribution in [-0.2, 0) is 4.79 Å². The number of ketones is 1. The Morgan fingerprint density at radius 2 is 1.62 bits per heavy atom. The van der Waals surface area contributed by atoms with E-state index in [1.807, 2.05) is 37.8 Å². The third-order valence-corrected chi connectivity index (χ3v) is 5.41. The lowest BCUT2D eigenvalue weighted by molar-refractivity contribution is -0.137. The number of nitrogens with one attached hydrogen (secondary N) is 1. The van der Waals surface area contributed by atoms with Crippen molar-refractivity contribution in [2.24, 2.45) is 11.8 Å². The summed E-state index contributed by atoms with van der Waals surface area (Å²) in [5.74, 6) is 0.601. The van der Waals surface area contributed by atoms with Crippen molar-refractivity contribution >= 4 is 23.3 Å². The highest BCUT2D eigenvalue weighted by molar-refractivity contribution is 6.31. The van der Waals surface area contributed by atoms with Crippen LogP contribution >= 0.6 is 11.6 Å². The summed E-state index contributed by atoms with van der Waals surface area (Å²) in [7, 11) is 0. The first-order valence-corrected chi connectivity index (χ1v) is 10.2. The molecule has 1 N–H and O–H groups in total. The summed E-state index contributed by atoms with van der Waals surface area (Å²) in [5.41, 5.74) is 1.70. The van der Waals surface area contributed by atoms with Crippen LogP contribution in [0.4, 0.5) is 0 Å². The molecule has 0 bridgehead atoms. The Bertz CT molecular complexity index is 598. The molecule has 0 atom stereocenters. The number of carbonyl (C=O) groups is 2. The number of rotatable bonds is 3. The van der Waals surface area contributed by atoms with Gasteiger partial charge in [-0.3, -0.25) is 9.59 Å². The van der Waals surface area contributed by atoms with Crippen molar-refractivity contribution < 1.29 is 9.59 Å². The van der Waals surface area contributed by atoms with Crippen LogP contribution < -0.4 is 5.32 Å². The SMILES string of the molecule is CC.Cc1cc(Cl)cc(C(=O)C2CCN(C(=O)C3CCNCC3)CC2)c1. The molecule has 1 amide bonds. The molecular weight excluding hydrogens is 348 g/mol. The largest absolute Gasteiger partial charge is 0.342 e. The molecule has 0 aliphatic carbocycles. The lowest BCUT2D eigenvalue weighted by Crippen LogP contribution is -2.45. The molecule has 2 saturated heterocycles. The van der Waals surface area contributed by atoms with Crippen LogP contribution in [0.5, 0.6) is 0 Å². The Hall–Kier alpha value is -1.39. The first kappa shape index (κ1) is 20.9. The monoisotopic (exact) mass is 378 g/mol. The van der Waals surface area contributed by atoms with Gasteiger partial charge in [-0.2, -0.15) is 0 Å². The first-order valence-electron chi connectivity index (χ1n) is 9.85. The molecule has 3 rings (SSSR count). The summed E-state index contributed by atoms with van der Waals surface area (Å²) in [6.07, 6.45) is 3.36. The fourth-order valence-corrected chi connectivity index (χ4v) is 4.09. The minimum Gasteiger partial charge on any atom is -0.342 e. The number of halogens is 1. The van der Waals surface area contributed by atoms with Gasteiger partial charge in [0.2, 0.25) is 5.91 Å². The van der Waals surface area contributed by atoms with E-state index < -0.39 is 0 Å². The van der Waals surface area contributed by atoms with Crippen molar-refractivity contribution in [3.63, 3.8) is 0 Å². The lowest BCUT2D eigenvalue weighted by atomic mass is 9.87. The topological polar surface area (TPSA) is 49.4 Å². The Morgan fingerprint density at radius 1 is 1.00 bits per heavy atom. The minimum absolute atomic E-state index is 0.0000563. The highest BCUT2D eigenvalue weighted by Gasteiger charge is 2.31. The molecule has 1 aromatic rings. The standard InChI is InChI=1S/C19H25ClN2O2.C2H6/c1-13-10-16(12-17(20)11-13)18(23)14-4-8-22(9-5-14)19(24)15-2-6-21-7-3-15;1-2/h10-12,14-15,21H,2-9H2,1H3;1-2H3. The van der Waals surface area contributed by atoms with Crippen molar-refractivity contribution in [2.75, 3.05) is 26.2 Å². The first-order chi connectivity index (χ1) is 12.5. The number of Topliss-reactive ketones (excluding diaryl/α,β-unsaturated/α-hetero) is 1. The van der Waals surface area contributed by atoms with Crippen LogP contribution in [-0.4, -0.2) is 42.8 Å². The summed E-state index contributed by atoms with van der Waals surface area (Å²) >= 11 is 6.07. The van der Waals surface area contributed by atoms with E-state index >= 15 is 0 Å². The van der Waals surface area contributed by atoms with Crippen molar-refractivity contribution in [1.82, 2.24) is 10.2 Å². The normalized spacial score (nSPS) is 18.8. The predicted molar refractivity (Wildman–Crippen MR) is 107 cm³/mol. The van der Waals surface area contributed by atoms with E-state index in [1.54, 1.807) is 6.07 Å². The summed E-state index contributed by atoms with van der Waals surface area (Å²) in [6.45, 7) is 9.19. The fraction of sp³-hybridized carbons (Fsp3) is 0.619.